The minimum atomic E-state index is -0.797. The third-order valence-electron chi connectivity index (χ3n) is 3.31. The van der Waals surface area contributed by atoms with E-state index in [2.05, 4.69) is 6.92 Å². The third-order valence-corrected chi connectivity index (χ3v) is 3.31. The lowest BCUT2D eigenvalue weighted by molar-refractivity contribution is 0.0710. The number of allylic oxidation sites excluding steroid dienone is 2. The minimum absolute atomic E-state index is 0.330. The van der Waals surface area contributed by atoms with Gasteiger partial charge in [-0.05, 0) is 30.9 Å². The van der Waals surface area contributed by atoms with Crippen LogP contribution in [0.15, 0.2) is 42.0 Å². The van der Waals surface area contributed by atoms with Gasteiger partial charge in [-0.3, -0.25) is 0 Å². The second-order valence-corrected chi connectivity index (χ2v) is 4.51. The van der Waals surface area contributed by atoms with Gasteiger partial charge in [0.2, 0.25) is 0 Å². The van der Waals surface area contributed by atoms with Crippen LogP contribution in [0.3, 0.4) is 0 Å². The monoisotopic (exact) mass is 264 g/mol. The van der Waals surface area contributed by atoms with Crippen molar-refractivity contribution in [3.63, 3.8) is 0 Å². The third kappa shape index (κ3) is 2.92. The summed E-state index contributed by atoms with van der Waals surface area (Å²) in [7, 11) is 0. The van der Waals surface area contributed by atoms with Crippen LogP contribution >= 0.6 is 0 Å². The maximum Gasteiger partial charge on any atom is 0.165 e. The van der Waals surface area contributed by atoms with Crippen LogP contribution in [0.4, 0.5) is 8.78 Å². The van der Waals surface area contributed by atoms with Crippen molar-refractivity contribution in [1.82, 2.24) is 0 Å². The molecule has 19 heavy (non-hydrogen) atoms. The van der Waals surface area contributed by atoms with E-state index >= 15 is 0 Å². The summed E-state index contributed by atoms with van der Waals surface area (Å²) in [5.74, 6) is -1.59. The van der Waals surface area contributed by atoms with Crippen LogP contribution in [0.25, 0.3) is 5.57 Å². The molecule has 0 amide bonds. The summed E-state index contributed by atoms with van der Waals surface area (Å²) >= 11 is 0. The molecule has 0 bridgehead atoms. The van der Waals surface area contributed by atoms with Gasteiger partial charge in [0, 0.05) is 12.2 Å². The van der Waals surface area contributed by atoms with E-state index in [1.54, 1.807) is 13.0 Å². The van der Waals surface area contributed by atoms with Gasteiger partial charge in [-0.15, -0.1) is 0 Å². The molecule has 1 aliphatic carbocycles. The Bertz CT molecular complexity index is 500. The van der Waals surface area contributed by atoms with Gasteiger partial charge in [-0.1, -0.05) is 37.3 Å². The molecule has 102 valence electrons. The average Bonchev–Trinajstić information content (AvgIpc) is 2.45. The molecule has 1 nitrogen and oxygen atoms in total. The zero-order valence-electron chi connectivity index (χ0n) is 11.2. The quantitative estimate of drug-likeness (QED) is 0.772. The van der Waals surface area contributed by atoms with Crippen molar-refractivity contribution in [3.8, 4) is 0 Å². The standard InChI is InChI=1S/C16H18F2O/c1-3-11-5-7-12(8-6-11)13-9-10-14(19-4-2)16(18)15(13)17/h5-9,14H,3-4,10H2,1-2H3. The summed E-state index contributed by atoms with van der Waals surface area (Å²) in [6.07, 6.45) is 2.24. The Morgan fingerprint density at radius 2 is 1.84 bits per heavy atom. The van der Waals surface area contributed by atoms with Crippen LogP contribution in [0.5, 0.6) is 0 Å². The molecule has 0 aliphatic heterocycles. The molecule has 0 heterocycles. The average molecular weight is 264 g/mol. The second kappa shape index (κ2) is 6.11. The van der Waals surface area contributed by atoms with Crippen molar-refractivity contribution in [2.75, 3.05) is 6.61 Å². The summed E-state index contributed by atoms with van der Waals surface area (Å²) in [4.78, 5) is 0. The molecular weight excluding hydrogens is 246 g/mol. The maximum atomic E-state index is 14.0. The van der Waals surface area contributed by atoms with E-state index < -0.39 is 17.8 Å². The first-order valence-corrected chi connectivity index (χ1v) is 6.64. The van der Waals surface area contributed by atoms with Gasteiger partial charge in [0.15, 0.2) is 11.7 Å². The molecule has 1 aliphatic rings. The molecule has 0 spiro atoms. The number of ether oxygens (including phenoxy) is 1. The summed E-state index contributed by atoms with van der Waals surface area (Å²) in [5, 5.41) is 0. The molecule has 1 aromatic rings. The lowest BCUT2D eigenvalue weighted by Gasteiger charge is -2.20. The molecule has 0 saturated carbocycles. The first-order chi connectivity index (χ1) is 9.17. The van der Waals surface area contributed by atoms with Gasteiger partial charge < -0.3 is 4.74 Å². The van der Waals surface area contributed by atoms with Gasteiger partial charge in [0.1, 0.15) is 6.10 Å². The van der Waals surface area contributed by atoms with Crippen molar-refractivity contribution in [3.05, 3.63) is 53.1 Å². The molecule has 1 atom stereocenters. The van der Waals surface area contributed by atoms with E-state index in [0.717, 1.165) is 6.42 Å². The predicted molar refractivity (Wildman–Crippen MR) is 73.1 cm³/mol. The van der Waals surface area contributed by atoms with Crippen LogP contribution in [-0.4, -0.2) is 12.7 Å². The lowest BCUT2D eigenvalue weighted by Crippen LogP contribution is -2.17. The largest absolute Gasteiger partial charge is 0.371 e. The fraction of sp³-hybridized carbons (Fsp3) is 0.375. The lowest BCUT2D eigenvalue weighted by atomic mass is 9.95. The van der Waals surface area contributed by atoms with Crippen LogP contribution in [0.1, 0.15) is 31.4 Å². The van der Waals surface area contributed by atoms with E-state index in [1.807, 2.05) is 24.3 Å². The van der Waals surface area contributed by atoms with Crippen molar-refractivity contribution >= 4 is 5.57 Å². The number of rotatable bonds is 4. The molecule has 3 heteroatoms. The summed E-state index contributed by atoms with van der Waals surface area (Å²) in [6, 6.07) is 7.54. The first kappa shape index (κ1) is 13.9. The highest BCUT2D eigenvalue weighted by atomic mass is 19.2. The molecular formula is C16H18F2O. The Morgan fingerprint density at radius 1 is 1.16 bits per heavy atom. The molecule has 1 aromatic carbocycles. The molecule has 2 rings (SSSR count). The van der Waals surface area contributed by atoms with Crippen molar-refractivity contribution < 1.29 is 13.5 Å². The Labute approximate surface area is 112 Å². The van der Waals surface area contributed by atoms with Crippen molar-refractivity contribution in [2.45, 2.75) is 32.8 Å². The van der Waals surface area contributed by atoms with Gasteiger partial charge in [0.25, 0.3) is 0 Å². The van der Waals surface area contributed by atoms with Crippen LogP contribution in [-0.2, 0) is 11.2 Å². The zero-order valence-corrected chi connectivity index (χ0v) is 11.2. The van der Waals surface area contributed by atoms with Crippen LogP contribution in [0, 0.1) is 0 Å². The van der Waals surface area contributed by atoms with E-state index in [9.17, 15) is 8.78 Å². The molecule has 0 fully saturated rings. The second-order valence-electron chi connectivity index (χ2n) is 4.51. The topological polar surface area (TPSA) is 9.23 Å². The SMILES string of the molecule is CCOC1CC=C(c2ccc(CC)cc2)C(F)=C1F. The molecule has 0 radical (unpaired) electrons. The summed E-state index contributed by atoms with van der Waals surface area (Å²) < 4.78 is 33.1. The molecule has 1 unspecified atom stereocenters. The van der Waals surface area contributed by atoms with Gasteiger partial charge >= 0.3 is 0 Å². The molecule has 0 aromatic heterocycles. The Morgan fingerprint density at radius 3 is 2.42 bits per heavy atom. The fourth-order valence-electron chi connectivity index (χ4n) is 2.19. The highest BCUT2D eigenvalue weighted by molar-refractivity contribution is 5.78. The van der Waals surface area contributed by atoms with Crippen molar-refractivity contribution in [1.29, 1.82) is 0 Å². The smallest absolute Gasteiger partial charge is 0.165 e. The van der Waals surface area contributed by atoms with Crippen LogP contribution in [0.2, 0.25) is 0 Å². The highest BCUT2D eigenvalue weighted by Gasteiger charge is 2.26. The highest BCUT2D eigenvalue weighted by Crippen LogP contribution is 2.35. The predicted octanol–water partition coefficient (Wildman–Crippen LogP) is 4.59. The summed E-state index contributed by atoms with van der Waals surface area (Å²) in [5.41, 5.74) is 2.22. The van der Waals surface area contributed by atoms with E-state index in [0.29, 0.717) is 24.2 Å². The number of hydrogen-bond donors (Lipinski definition) is 0. The number of halogens is 2. The number of hydrogen-bond acceptors (Lipinski definition) is 1. The summed E-state index contributed by atoms with van der Waals surface area (Å²) in [6.45, 7) is 4.20. The fourth-order valence-corrected chi connectivity index (χ4v) is 2.19. The Hall–Kier alpha value is -1.48. The van der Waals surface area contributed by atoms with Crippen molar-refractivity contribution in [2.24, 2.45) is 0 Å². The Balaban J connectivity index is 2.26. The van der Waals surface area contributed by atoms with Gasteiger partial charge in [-0.25, -0.2) is 8.78 Å². The zero-order chi connectivity index (χ0) is 13.8. The normalized spacial score (nSPS) is 19.6. The first-order valence-electron chi connectivity index (χ1n) is 6.64. The maximum absolute atomic E-state index is 14.0. The van der Waals surface area contributed by atoms with Gasteiger partial charge in [0.05, 0.1) is 0 Å². The Kier molecular flexibility index (Phi) is 4.48. The van der Waals surface area contributed by atoms with E-state index in [1.165, 1.54) is 5.56 Å². The number of aryl methyl sites for hydroxylation is 1. The number of benzene rings is 1. The van der Waals surface area contributed by atoms with Gasteiger partial charge in [-0.2, -0.15) is 0 Å². The molecule has 0 N–H and O–H groups in total. The molecule has 0 saturated heterocycles. The van der Waals surface area contributed by atoms with E-state index in [-0.39, 0.29) is 0 Å². The minimum Gasteiger partial charge on any atom is -0.371 e. The van der Waals surface area contributed by atoms with Crippen LogP contribution < -0.4 is 0 Å². The van der Waals surface area contributed by atoms with E-state index in [4.69, 9.17) is 4.74 Å².